The zero-order chi connectivity index (χ0) is 20.9. The molecule has 0 aromatic heterocycles. The SMILES string of the molecule is CN(C)CCN(C(=O)NC(c1ccccc1)c1ccccc1)C1CCS(=O)(=O)C1. The Labute approximate surface area is 173 Å². The van der Waals surface area contributed by atoms with Crippen LogP contribution in [0.25, 0.3) is 0 Å². The van der Waals surface area contributed by atoms with Crippen molar-refractivity contribution in [2.75, 3.05) is 38.7 Å². The molecule has 2 aromatic carbocycles. The molecule has 29 heavy (non-hydrogen) atoms. The number of sulfone groups is 1. The van der Waals surface area contributed by atoms with Gasteiger partial charge < -0.3 is 15.1 Å². The highest BCUT2D eigenvalue weighted by atomic mass is 32.2. The third-order valence-electron chi connectivity index (χ3n) is 5.23. The van der Waals surface area contributed by atoms with Crippen molar-refractivity contribution < 1.29 is 13.2 Å². The minimum absolute atomic E-state index is 0.0369. The maximum atomic E-state index is 13.3. The Morgan fingerprint density at radius 1 is 1.00 bits per heavy atom. The number of carbonyl (C=O) groups excluding carboxylic acids is 1. The fourth-order valence-electron chi connectivity index (χ4n) is 3.64. The van der Waals surface area contributed by atoms with Crippen LogP contribution >= 0.6 is 0 Å². The second-order valence-electron chi connectivity index (χ2n) is 7.76. The molecule has 1 aliphatic heterocycles. The maximum Gasteiger partial charge on any atom is 0.318 e. The summed E-state index contributed by atoms with van der Waals surface area (Å²) in [5, 5.41) is 3.15. The number of nitrogens with one attached hydrogen (secondary N) is 1. The molecule has 0 aliphatic carbocycles. The molecular formula is C22H29N3O3S. The fraction of sp³-hybridized carbons (Fsp3) is 0.409. The Balaban J connectivity index is 1.84. The molecule has 0 bridgehead atoms. The van der Waals surface area contributed by atoms with Gasteiger partial charge in [0, 0.05) is 19.1 Å². The molecule has 1 aliphatic rings. The van der Waals surface area contributed by atoms with Gasteiger partial charge in [-0.1, -0.05) is 60.7 Å². The molecule has 1 N–H and O–H groups in total. The molecule has 156 valence electrons. The van der Waals surface area contributed by atoms with Crippen molar-refractivity contribution in [3.05, 3.63) is 71.8 Å². The molecule has 3 rings (SSSR count). The standard InChI is InChI=1S/C22H29N3O3S/c1-24(2)14-15-25(20-13-16-29(27,28)17-20)22(26)23-21(18-9-5-3-6-10-18)19-11-7-4-8-12-19/h3-12,20-21H,13-17H2,1-2H3,(H,23,26). The van der Waals surface area contributed by atoms with E-state index in [4.69, 9.17) is 0 Å². The Morgan fingerprint density at radius 2 is 1.55 bits per heavy atom. The monoisotopic (exact) mass is 415 g/mol. The molecule has 6 nitrogen and oxygen atoms in total. The first-order chi connectivity index (χ1) is 13.9. The van der Waals surface area contributed by atoms with Crippen molar-refractivity contribution in [1.82, 2.24) is 15.1 Å². The second kappa shape index (κ2) is 9.41. The first-order valence-electron chi connectivity index (χ1n) is 9.88. The number of urea groups is 1. The van der Waals surface area contributed by atoms with E-state index in [1.54, 1.807) is 4.90 Å². The van der Waals surface area contributed by atoms with E-state index in [1.165, 1.54) is 0 Å². The van der Waals surface area contributed by atoms with Crippen molar-refractivity contribution in [3.8, 4) is 0 Å². The number of carbonyl (C=O) groups is 1. The van der Waals surface area contributed by atoms with Crippen molar-refractivity contribution in [1.29, 1.82) is 0 Å². The van der Waals surface area contributed by atoms with Gasteiger partial charge in [-0.15, -0.1) is 0 Å². The molecule has 0 spiro atoms. The van der Waals surface area contributed by atoms with Gasteiger partial charge in [-0.2, -0.15) is 0 Å². The van der Waals surface area contributed by atoms with Gasteiger partial charge in [0.2, 0.25) is 0 Å². The maximum absolute atomic E-state index is 13.3. The van der Waals surface area contributed by atoms with E-state index in [9.17, 15) is 13.2 Å². The van der Waals surface area contributed by atoms with Crippen LogP contribution in [0.2, 0.25) is 0 Å². The number of benzene rings is 2. The lowest BCUT2D eigenvalue weighted by atomic mass is 9.99. The second-order valence-corrected chi connectivity index (χ2v) is 9.99. The number of hydrogen-bond donors (Lipinski definition) is 1. The molecule has 1 saturated heterocycles. The molecule has 0 saturated carbocycles. The van der Waals surface area contributed by atoms with Crippen LogP contribution < -0.4 is 5.32 Å². The van der Waals surface area contributed by atoms with Crippen LogP contribution in [-0.2, 0) is 9.84 Å². The number of amides is 2. The van der Waals surface area contributed by atoms with Crippen LogP contribution in [0.3, 0.4) is 0 Å². The summed E-state index contributed by atoms with van der Waals surface area (Å²) in [6.07, 6.45) is 0.491. The average Bonchev–Trinajstić information content (AvgIpc) is 3.07. The molecule has 2 amide bonds. The van der Waals surface area contributed by atoms with Crippen molar-refractivity contribution >= 4 is 15.9 Å². The molecule has 2 aromatic rings. The lowest BCUT2D eigenvalue weighted by molar-refractivity contribution is 0.171. The summed E-state index contributed by atoms with van der Waals surface area (Å²) in [5.74, 6) is 0.180. The lowest BCUT2D eigenvalue weighted by Gasteiger charge is -2.32. The number of likely N-dealkylation sites (N-methyl/N-ethyl adjacent to an activating group) is 1. The summed E-state index contributed by atoms with van der Waals surface area (Å²) in [6, 6.07) is 18.8. The van der Waals surface area contributed by atoms with Crippen LogP contribution in [-0.4, -0.2) is 69.0 Å². The van der Waals surface area contributed by atoms with Crippen LogP contribution in [0.5, 0.6) is 0 Å². The molecule has 1 fully saturated rings. The number of hydrogen-bond acceptors (Lipinski definition) is 4. The van der Waals surface area contributed by atoms with Gasteiger partial charge in [0.1, 0.15) is 0 Å². The summed E-state index contributed by atoms with van der Waals surface area (Å²) in [7, 11) is 0.805. The van der Waals surface area contributed by atoms with Crippen molar-refractivity contribution in [2.24, 2.45) is 0 Å². The number of nitrogens with zero attached hydrogens (tertiary/aromatic N) is 2. The normalized spacial score (nSPS) is 18.1. The van der Waals surface area contributed by atoms with Gasteiger partial charge >= 0.3 is 6.03 Å². The highest BCUT2D eigenvalue weighted by Crippen LogP contribution is 2.24. The highest BCUT2D eigenvalue weighted by Gasteiger charge is 2.35. The van der Waals surface area contributed by atoms with Gasteiger partial charge in [0.05, 0.1) is 17.5 Å². The molecule has 1 heterocycles. The summed E-state index contributed by atoms with van der Waals surface area (Å²) in [5.41, 5.74) is 1.97. The van der Waals surface area contributed by atoms with Gasteiger partial charge in [0.25, 0.3) is 0 Å². The van der Waals surface area contributed by atoms with E-state index in [1.807, 2.05) is 79.7 Å². The molecule has 0 radical (unpaired) electrons. The summed E-state index contributed by atoms with van der Waals surface area (Å²) in [6.45, 7) is 1.15. The molecule has 1 unspecified atom stereocenters. The third kappa shape index (κ3) is 5.81. The van der Waals surface area contributed by atoms with Crippen molar-refractivity contribution in [3.63, 3.8) is 0 Å². The average molecular weight is 416 g/mol. The zero-order valence-electron chi connectivity index (χ0n) is 17.0. The van der Waals surface area contributed by atoms with Crippen LogP contribution in [0.1, 0.15) is 23.6 Å². The molecular weight excluding hydrogens is 386 g/mol. The van der Waals surface area contributed by atoms with E-state index in [0.717, 1.165) is 11.1 Å². The van der Waals surface area contributed by atoms with Gasteiger partial charge in [-0.05, 0) is 31.6 Å². The van der Waals surface area contributed by atoms with E-state index >= 15 is 0 Å². The van der Waals surface area contributed by atoms with E-state index < -0.39 is 9.84 Å². The third-order valence-corrected chi connectivity index (χ3v) is 6.98. The Bertz CT molecular complexity index is 862. The minimum Gasteiger partial charge on any atom is -0.327 e. The van der Waals surface area contributed by atoms with E-state index in [-0.39, 0.29) is 29.6 Å². The van der Waals surface area contributed by atoms with E-state index in [2.05, 4.69) is 5.32 Å². The summed E-state index contributed by atoms with van der Waals surface area (Å²) < 4.78 is 24.0. The smallest absolute Gasteiger partial charge is 0.318 e. The Morgan fingerprint density at radius 3 is 2.00 bits per heavy atom. The summed E-state index contributed by atoms with van der Waals surface area (Å²) in [4.78, 5) is 17.0. The fourth-order valence-corrected chi connectivity index (χ4v) is 5.37. The van der Waals surface area contributed by atoms with Crippen LogP contribution in [0, 0.1) is 0 Å². The first-order valence-corrected chi connectivity index (χ1v) is 11.7. The predicted octanol–water partition coefficient (Wildman–Crippen LogP) is 2.54. The quantitative estimate of drug-likeness (QED) is 0.755. The van der Waals surface area contributed by atoms with Crippen LogP contribution in [0.15, 0.2) is 60.7 Å². The van der Waals surface area contributed by atoms with Gasteiger partial charge in [0.15, 0.2) is 9.84 Å². The van der Waals surface area contributed by atoms with Gasteiger partial charge in [-0.25, -0.2) is 13.2 Å². The Hall–Kier alpha value is -2.38. The van der Waals surface area contributed by atoms with E-state index in [0.29, 0.717) is 19.5 Å². The largest absolute Gasteiger partial charge is 0.327 e. The van der Waals surface area contributed by atoms with Crippen molar-refractivity contribution in [2.45, 2.75) is 18.5 Å². The molecule has 7 heteroatoms. The summed E-state index contributed by atoms with van der Waals surface area (Å²) >= 11 is 0. The predicted molar refractivity (Wildman–Crippen MR) is 116 cm³/mol. The number of rotatable bonds is 7. The lowest BCUT2D eigenvalue weighted by Crippen LogP contribution is -2.50. The minimum atomic E-state index is -3.08. The van der Waals surface area contributed by atoms with Gasteiger partial charge in [-0.3, -0.25) is 0 Å². The Kier molecular flexibility index (Phi) is 6.92. The molecule has 1 atom stereocenters. The van der Waals surface area contributed by atoms with Crippen LogP contribution in [0.4, 0.5) is 4.79 Å². The first kappa shape index (κ1) is 21.3. The topological polar surface area (TPSA) is 69.7 Å². The zero-order valence-corrected chi connectivity index (χ0v) is 17.8. The highest BCUT2D eigenvalue weighted by molar-refractivity contribution is 7.91.